The Morgan fingerprint density at radius 3 is 2.71 bits per heavy atom. The Kier molecular flexibility index (Phi) is 6.34. The Labute approximate surface area is 108 Å². The summed E-state index contributed by atoms with van der Waals surface area (Å²) in [4.78, 5) is 2.11. The first kappa shape index (κ1) is 14.3. The van der Waals surface area contributed by atoms with Crippen molar-refractivity contribution in [1.29, 1.82) is 0 Å². The number of para-hydroxylation sites is 1. The maximum Gasteiger partial charge on any atom is 0.0642 e. The van der Waals surface area contributed by atoms with E-state index in [2.05, 4.69) is 30.1 Å². The number of aliphatic hydroxyl groups excluding tert-OH is 1. The lowest BCUT2D eigenvalue weighted by Gasteiger charge is -2.26. The molecule has 0 unspecified atom stereocenters. The third kappa shape index (κ3) is 3.87. The topological polar surface area (TPSA) is 35.5 Å². The minimum atomic E-state index is 0.139. The smallest absolute Gasteiger partial charge is 0.0642 e. The summed E-state index contributed by atoms with van der Waals surface area (Å²) in [6, 6.07) is 5.93. The van der Waals surface area contributed by atoms with Crippen molar-refractivity contribution in [2.24, 2.45) is 0 Å². The average molecular weight is 257 g/mol. The zero-order valence-corrected chi connectivity index (χ0v) is 11.3. The maximum absolute atomic E-state index is 9.09. The Balaban J connectivity index is 3.00. The molecule has 0 aliphatic carbocycles. The summed E-state index contributed by atoms with van der Waals surface area (Å²) in [6.45, 7) is 7.46. The fourth-order valence-corrected chi connectivity index (χ4v) is 2.18. The highest BCUT2D eigenvalue weighted by Crippen LogP contribution is 2.29. The fourth-order valence-electron chi connectivity index (χ4n) is 1.87. The van der Waals surface area contributed by atoms with Crippen molar-refractivity contribution in [2.75, 3.05) is 31.1 Å². The van der Waals surface area contributed by atoms with E-state index < -0.39 is 0 Å². The minimum Gasteiger partial charge on any atom is -0.395 e. The van der Waals surface area contributed by atoms with E-state index in [1.54, 1.807) is 0 Å². The molecule has 96 valence electrons. The number of nitrogens with one attached hydrogen (secondary N) is 1. The minimum absolute atomic E-state index is 0.139. The van der Waals surface area contributed by atoms with E-state index in [1.807, 2.05) is 12.1 Å². The summed E-state index contributed by atoms with van der Waals surface area (Å²) in [7, 11) is 0. The lowest BCUT2D eigenvalue weighted by molar-refractivity contribution is 0.302. The largest absolute Gasteiger partial charge is 0.395 e. The molecule has 1 rings (SSSR count). The van der Waals surface area contributed by atoms with Crippen LogP contribution in [0.25, 0.3) is 0 Å². The number of nitrogens with zero attached hydrogens (tertiary/aromatic N) is 1. The van der Waals surface area contributed by atoms with E-state index in [0.717, 1.165) is 30.3 Å². The van der Waals surface area contributed by atoms with Gasteiger partial charge in [-0.1, -0.05) is 30.7 Å². The summed E-state index contributed by atoms with van der Waals surface area (Å²) < 4.78 is 0. The second-order valence-electron chi connectivity index (χ2n) is 3.83. The number of rotatable bonds is 7. The molecule has 3 nitrogen and oxygen atoms in total. The molecule has 4 heteroatoms. The third-order valence-electron chi connectivity index (χ3n) is 2.70. The highest BCUT2D eigenvalue weighted by Gasteiger charge is 2.12. The van der Waals surface area contributed by atoms with Crippen LogP contribution < -0.4 is 10.2 Å². The van der Waals surface area contributed by atoms with Crippen molar-refractivity contribution in [3.05, 3.63) is 28.8 Å². The van der Waals surface area contributed by atoms with Gasteiger partial charge in [0.2, 0.25) is 0 Å². The second kappa shape index (κ2) is 7.54. The monoisotopic (exact) mass is 256 g/mol. The summed E-state index contributed by atoms with van der Waals surface area (Å²) in [5.74, 6) is 0. The van der Waals surface area contributed by atoms with Gasteiger partial charge in [-0.3, -0.25) is 0 Å². The summed E-state index contributed by atoms with van der Waals surface area (Å²) >= 11 is 6.27. The van der Waals surface area contributed by atoms with E-state index in [0.29, 0.717) is 6.54 Å². The predicted octanol–water partition coefficient (Wildman–Crippen LogP) is 2.27. The molecular formula is C13H21ClN2O. The van der Waals surface area contributed by atoms with Crippen molar-refractivity contribution >= 4 is 17.3 Å². The van der Waals surface area contributed by atoms with Crippen LogP contribution in [0, 0.1) is 0 Å². The van der Waals surface area contributed by atoms with E-state index in [1.165, 1.54) is 5.56 Å². The number of halogens is 1. The molecule has 0 heterocycles. The molecule has 17 heavy (non-hydrogen) atoms. The van der Waals surface area contributed by atoms with Crippen molar-refractivity contribution in [1.82, 2.24) is 5.32 Å². The van der Waals surface area contributed by atoms with Gasteiger partial charge in [-0.15, -0.1) is 0 Å². The van der Waals surface area contributed by atoms with E-state index in [9.17, 15) is 0 Å². The van der Waals surface area contributed by atoms with E-state index >= 15 is 0 Å². The molecule has 1 aromatic rings. The lowest BCUT2D eigenvalue weighted by atomic mass is 10.1. The summed E-state index contributed by atoms with van der Waals surface area (Å²) in [5.41, 5.74) is 2.21. The molecule has 0 saturated carbocycles. The van der Waals surface area contributed by atoms with Crippen molar-refractivity contribution in [2.45, 2.75) is 20.4 Å². The number of hydrogen-bond acceptors (Lipinski definition) is 3. The van der Waals surface area contributed by atoms with E-state index in [4.69, 9.17) is 16.7 Å². The molecule has 0 aromatic heterocycles. The number of aliphatic hydroxyl groups is 1. The molecule has 0 aliphatic heterocycles. The number of anilines is 1. The average Bonchev–Trinajstić information content (AvgIpc) is 2.34. The molecule has 0 spiro atoms. The van der Waals surface area contributed by atoms with E-state index in [-0.39, 0.29) is 6.61 Å². The van der Waals surface area contributed by atoms with Gasteiger partial charge >= 0.3 is 0 Å². The van der Waals surface area contributed by atoms with Gasteiger partial charge in [-0.25, -0.2) is 0 Å². The highest BCUT2D eigenvalue weighted by molar-refractivity contribution is 6.33. The Hall–Kier alpha value is -0.770. The first-order valence-electron chi connectivity index (χ1n) is 6.08. The van der Waals surface area contributed by atoms with Gasteiger partial charge in [-0.2, -0.15) is 0 Å². The Morgan fingerprint density at radius 1 is 1.35 bits per heavy atom. The van der Waals surface area contributed by atoms with Crippen LogP contribution in [-0.2, 0) is 6.54 Å². The highest BCUT2D eigenvalue weighted by atomic mass is 35.5. The first-order valence-corrected chi connectivity index (χ1v) is 6.46. The van der Waals surface area contributed by atoms with Gasteiger partial charge in [0.1, 0.15) is 0 Å². The lowest BCUT2D eigenvalue weighted by Crippen LogP contribution is -2.28. The molecule has 0 amide bonds. The van der Waals surface area contributed by atoms with Crippen molar-refractivity contribution in [3.63, 3.8) is 0 Å². The summed E-state index contributed by atoms with van der Waals surface area (Å²) in [5, 5.41) is 13.1. The van der Waals surface area contributed by atoms with Crippen LogP contribution in [-0.4, -0.2) is 31.3 Å². The SMILES string of the molecule is CCNCc1cccc(Cl)c1N(CC)CCO. The molecule has 0 radical (unpaired) electrons. The van der Waals surface area contributed by atoms with Crippen LogP contribution in [0.4, 0.5) is 5.69 Å². The molecule has 0 fully saturated rings. The number of hydrogen-bond donors (Lipinski definition) is 2. The molecule has 0 saturated heterocycles. The van der Waals surface area contributed by atoms with Gasteiger partial charge in [0, 0.05) is 19.6 Å². The summed E-state index contributed by atoms with van der Waals surface area (Å²) in [6.07, 6.45) is 0. The third-order valence-corrected chi connectivity index (χ3v) is 3.01. The van der Waals surface area contributed by atoms with Crippen LogP contribution in [0.15, 0.2) is 18.2 Å². The molecule has 2 N–H and O–H groups in total. The molecular weight excluding hydrogens is 236 g/mol. The second-order valence-corrected chi connectivity index (χ2v) is 4.24. The van der Waals surface area contributed by atoms with Crippen LogP contribution in [0.2, 0.25) is 5.02 Å². The predicted molar refractivity (Wildman–Crippen MR) is 73.8 cm³/mol. The zero-order chi connectivity index (χ0) is 12.7. The van der Waals surface area contributed by atoms with Crippen molar-refractivity contribution < 1.29 is 5.11 Å². The van der Waals surface area contributed by atoms with Crippen LogP contribution in [0.5, 0.6) is 0 Å². The molecule has 0 bridgehead atoms. The van der Waals surface area contributed by atoms with Gasteiger partial charge in [0.15, 0.2) is 0 Å². The van der Waals surface area contributed by atoms with Crippen LogP contribution >= 0.6 is 11.6 Å². The zero-order valence-electron chi connectivity index (χ0n) is 10.5. The quantitative estimate of drug-likeness (QED) is 0.786. The van der Waals surface area contributed by atoms with Gasteiger partial charge in [0.05, 0.1) is 17.3 Å². The van der Waals surface area contributed by atoms with Crippen molar-refractivity contribution in [3.8, 4) is 0 Å². The van der Waals surface area contributed by atoms with Gasteiger partial charge in [0.25, 0.3) is 0 Å². The van der Waals surface area contributed by atoms with Crippen LogP contribution in [0.3, 0.4) is 0 Å². The fraction of sp³-hybridized carbons (Fsp3) is 0.538. The normalized spacial score (nSPS) is 10.6. The van der Waals surface area contributed by atoms with Crippen LogP contribution in [0.1, 0.15) is 19.4 Å². The van der Waals surface area contributed by atoms with Gasteiger partial charge < -0.3 is 15.3 Å². The number of benzene rings is 1. The standard InChI is InChI=1S/C13H21ClN2O/c1-3-15-10-11-6-5-7-12(14)13(11)16(4-2)8-9-17/h5-7,15,17H,3-4,8-10H2,1-2H3. The number of likely N-dealkylation sites (N-methyl/N-ethyl adjacent to an activating group) is 1. The Bertz CT molecular complexity index is 344. The first-order chi connectivity index (χ1) is 8.24. The molecule has 1 aromatic carbocycles. The maximum atomic E-state index is 9.09. The van der Waals surface area contributed by atoms with Gasteiger partial charge in [-0.05, 0) is 25.1 Å². The molecule has 0 atom stereocenters. The molecule has 0 aliphatic rings. The Morgan fingerprint density at radius 2 is 2.12 bits per heavy atom.